The van der Waals surface area contributed by atoms with Gasteiger partial charge in [0.25, 0.3) is 11.6 Å². The molecular weight excluding hydrogens is 464 g/mol. The molecule has 1 amide bonds. The van der Waals surface area contributed by atoms with Gasteiger partial charge >= 0.3 is 0 Å². The van der Waals surface area contributed by atoms with Crippen molar-refractivity contribution >= 4 is 39.2 Å². The van der Waals surface area contributed by atoms with Gasteiger partial charge in [0.1, 0.15) is 5.69 Å². The molecule has 9 nitrogen and oxygen atoms in total. The molecule has 0 aliphatic carbocycles. The molecule has 0 bridgehead atoms. The van der Waals surface area contributed by atoms with E-state index in [4.69, 9.17) is 0 Å². The van der Waals surface area contributed by atoms with Crippen molar-refractivity contribution in [2.45, 2.75) is 19.8 Å². The first kappa shape index (κ1) is 21.5. The first-order valence-corrected chi connectivity index (χ1v) is 11.3. The Balaban J connectivity index is 1.45. The Morgan fingerprint density at radius 2 is 1.71 bits per heavy atom. The van der Waals surface area contributed by atoms with Crippen LogP contribution in [0.4, 0.5) is 17.3 Å². The molecule has 0 atom stereocenters. The number of carbonyl (C=O) groups is 1. The second kappa shape index (κ2) is 9.17. The number of piperazine rings is 1. The van der Waals surface area contributed by atoms with Crippen LogP contribution in [0.3, 0.4) is 0 Å². The van der Waals surface area contributed by atoms with Gasteiger partial charge in [-0.15, -0.1) is 0 Å². The van der Waals surface area contributed by atoms with Crippen LogP contribution in [0.25, 0.3) is 0 Å². The fraction of sp³-hybridized carbons (Fsp3) is 0.476. The first-order chi connectivity index (χ1) is 14.9. The molecule has 2 aromatic rings. The monoisotopic (exact) mass is 488 g/mol. The van der Waals surface area contributed by atoms with Crippen molar-refractivity contribution < 1.29 is 9.72 Å². The van der Waals surface area contributed by atoms with Crippen molar-refractivity contribution in [2.24, 2.45) is 5.92 Å². The molecule has 2 aliphatic rings. The molecule has 4 rings (SSSR count). The van der Waals surface area contributed by atoms with Crippen molar-refractivity contribution in [2.75, 3.05) is 49.1 Å². The number of carbonyl (C=O) groups excluding carboxylic acids is 1. The molecule has 0 radical (unpaired) electrons. The van der Waals surface area contributed by atoms with Gasteiger partial charge in [-0.25, -0.2) is 9.97 Å². The number of halogens is 1. The van der Waals surface area contributed by atoms with Crippen LogP contribution in [0, 0.1) is 16.0 Å². The molecule has 31 heavy (non-hydrogen) atoms. The molecule has 0 saturated carbocycles. The Kier molecular flexibility index (Phi) is 6.35. The minimum absolute atomic E-state index is 0.00213. The maximum Gasteiger partial charge on any atom is 0.293 e. The predicted molar refractivity (Wildman–Crippen MR) is 122 cm³/mol. The van der Waals surface area contributed by atoms with Crippen LogP contribution >= 0.6 is 15.9 Å². The van der Waals surface area contributed by atoms with Gasteiger partial charge in [-0.1, -0.05) is 6.92 Å². The normalized spacial score (nSPS) is 17.7. The number of piperidine rings is 1. The highest BCUT2D eigenvalue weighted by atomic mass is 79.9. The van der Waals surface area contributed by atoms with Crippen LogP contribution in [-0.2, 0) is 0 Å². The molecule has 0 N–H and O–H groups in total. The van der Waals surface area contributed by atoms with Gasteiger partial charge in [0, 0.05) is 63.3 Å². The summed E-state index contributed by atoms with van der Waals surface area (Å²) in [4.78, 5) is 38.8. The van der Waals surface area contributed by atoms with Crippen LogP contribution in [-0.4, -0.2) is 65.0 Å². The maximum atomic E-state index is 13.0. The van der Waals surface area contributed by atoms with E-state index >= 15 is 0 Å². The predicted octanol–water partition coefficient (Wildman–Crippen LogP) is 3.35. The fourth-order valence-electron chi connectivity index (χ4n) is 4.08. The van der Waals surface area contributed by atoms with E-state index in [-0.39, 0.29) is 16.5 Å². The smallest absolute Gasteiger partial charge is 0.293 e. The number of amides is 1. The molecular formula is C21H25BrN6O3. The summed E-state index contributed by atoms with van der Waals surface area (Å²) >= 11 is 3.33. The van der Waals surface area contributed by atoms with Crippen LogP contribution < -0.4 is 9.80 Å². The van der Waals surface area contributed by atoms with E-state index in [1.165, 1.54) is 6.07 Å². The van der Waals surface area contributed by atoms with E-state index in [0.29, 0.717) is 49.3 Å². The number of nitrogens with zero attached hydrogens (tertiary/aromatic N) is 6. The third kappa shape index (κ3) is 4.79. The summed E-state index contributed by atoms with van der Waals surface area (Å²) in [6.45, 7) is 6.05. The van der Waals surface area contributed by atoms with Crippen molar-refractivity contribution in [1.29, 1.82) is 0 Å². The van der Waals surface area contributed by atoms with Crippen molar-refractivity contribution in [3.8, 4) is 0 Å². The van der Waals surface area contributed by atoms with E-state index in [0.717, 1.165) is 30.4 Å². The Hall–Kier alpha value is -2.75. The molecule has 1 aromatic heterocycles. The highest BCUT2D eigenvalue weighted by Gasteiger charge is 2.28. The number of hydrogen-bond acceptors (Lipinski definition) is 7. The van der Waals surface area contributed by atoms with Crippen LogP contribution in [0.15, 0.2) is 35.1 Å². The van der Waals surface area contributed by atoms with E-state index in [1.807, 2.05) is 4.90 Å². The van der Waals surface area contributed by atoms with E-state index in [2.05, 4.69) is 37.7 Å². The lowest BCUT2D eigenvalue weighted by Crippen LogP contribution is -2.49. The summed E-state index contributed by atoms with van der Waals surface area (Å²) in [6, 6.07) is 4.88. The first-order valence-electron chi connectivity index (χ1n) is 10.5. The van der Waals surface area contributed by atoms with Gasteiger partial charge in [-0.05, 0) is 46.8 Å². The average molecular weight is 489 g/mol. The summed E-state index contributed by atoms with van der Waals surface area (Å²) in [5.74, 6) is 1.09. The second-order valence-electron chi connectivity index (χ2n) is 8.11. The van der Waals surface area contributed by atoms with Crippen molar-refractivity contribution in [3.05, 3.63) is 50.7 Å². The quantitative estimate of drug-likeness (QED) is 0.480. The Morgan fingerprint density at radius 3 is 2.32 bits per heavy atom. The molecule has 3 heterocycles. The van der Waals surface area contributed by atoms with Crippen LogP contribution in [0.5, 0.6) is 0 Å². The lowest BCUT2D eigenvalue weighted by Gasteiger charge is -2.35. The Morgan fingerprint density at radius 1 is 1.06 bits per heavy atom. The largest absolute Gasteiger partial charge is 0.366 e. The topological polar surface area (TPSA) is 95.7 Å². The maximum absolute atomic E-state index is 13.0. The number of hydrogen-bond donors (Lipinski definition) is 0. The molecule has 2 saturated heterocycles. The summed E-state index contributed by atoms with van der Waals surface area (Å²) in [7, 11) is 0. The molecule has 0 spiro atoms. The van der Waals surface area contributed by atoms with Gasteiger partial charge in [0.05, 0.1) is 9.40 Å². The van der Waals surface area contributed by atoms with E-state index in [9.17, 15) is 14.9 Å². The standard InChI is InChI=1S/C21H25BrN6O3/c1-15-4-6-25(7-5-15)18-3-2-16(12-19(18)28(30)31)20(29)26-8-10-27(11-9-26)21-23-13-17(22)14-24-21/h2-3,12-15H,4-11H2,1H3. The summed E-state index contributed by atoms with van der Waals surface area (Å²) in [5, 5.41) is 11.7. The van der Waals surface area contributed by atoms with Crippen LogP contribution in [0.2, 0.25) is 0 Å². The molecule has 10 heteroatoms. The van der Waals surface area contributed by atoms with E-state index in [1.54, 1.807) is 29.4 Å². The summed E-state index contributed by atoms with van der Waals surface area (Å²) < 4.78 is 0.814. The molecule has 164 valence electrons. The SMILES string of the molecule is CC1CCN(c2ccc(C(=O)N3CCN(c4ncc(Br)cn4)CC3)cc2[N+](=O)[O-])CC1. The van der Waals surface area contributed by atoms with Gasteiger partial charge in [0.2, 0.25) is 5.95 Å². The number of nitro benzene ring substituents is 1. The van der Waals surface area contributed by atoms with Gasteiger partial charge in [-0.2, -0.15) is 0 Å². The summed E-state index contributed by atoms with van der Waals surface area (Å²) in [6.07, 6.45) is 5.43. The highest BCUT2D eigenvalue weighted by molar-refractivity contribution is 9.10. The zero-order valence-corrected chi connectivity index (χ0v) is 19.0. The Labute approximate surface area is 189 Å². The zero-order chi connectivity index (χ0) is 22.0. The minimum atomic E-state index is -0.382. The number of aromatic nitrogens is 2. The van der Waals surface area contributed by atoms with Crippen molar-refractivity contribution in [3.63, 3.8) is 0 Å². The number of benzene rings is 1. The van der Waals surface area contributed by atoms with Crippen LogP contribution in [0.1, 0.15) is 30.1 Å². The average Bonchev–Trinajstić information content (AvgIpc) is 2.79. The van der Waals surface area contributed by atoms with Gasteiger partial charge in [-0.3, -0.25) is 14.9 Å². The lowest BCUT2D eigenvalue weighted by atomic mass is 9.98. The Bertz CT molecular complexity index is 954. The lowest BCUT2D eigenvalue weighted by molar-refractivity contribution is -0.384. The van der Waals surface area contributed by atoms with Gasteiger partial charge < -0.3 is 14.7 Å². The fourth-order valence-corrected chi connectivity index (χ4v) is 4.29. The number of rotatable bonds is 4. The van der Waals surface area contributed by atoms with E-state index < -0.39 is 0 Å². The number of nitro groups is 1. The molecule has 1 aromatic carbocycles. The third-order valence-corrected chi connectivity index (χ3v) is 6.41. The zero-order valence-electron chi connectivity index (χ0n) is 17.4. The van der Waals surface area contributed by atoms with Crippen molar-refractivity contribution in [1.82, 2.24) is 14.9 Å². The molecule has 2 fully saturated rings. The third-order valence-electron chi connectivity index (χ3n) is 6.00. The minimum Gasteiger partial charge on any atom is -0.366 e. The molecule has 2 aliphatic heterocycles. The number of anilines is 2. The van der Waals surface area contributed by atoms with Gasteiger partial charge in [0.15, 0.2) is 0 Å². The molecule has 0 unspecified atom stereocenters. The summed E-state index contributed by atoms with van der Waals surface area (Å²) in [5.41, 5.74) is 0.960. The highest BCUT2D eigenvalue weighted by Crippen LogP contribution is 2.32. The second-order valence-corrected chi connectivity index (χ2v) is 9.03.